The molecule has 4 amide bonds. The fourth-order valence-corrected chi connectivity index (χ4v) is 3.60. The third-order valence-electron chi connectivity index (χ3n) is 4.33. The second kappa shape index (κ2) is 8.96. The first kappa shape index (κ1) is 19.4. The van der Waals surface area contributed by atoms with Crippen LogP contribution in [0.5, 0.6) is 0 Å². The molecule has 2 heterocycles. The smallest absolute Gasteiger partial charge is 0.321 e. The van der Waals surface area contributed by atoms with Crippen LogP contribution < -0.4 is 16.0 Å². The number of urea groups is 1. The zero-order valence-corrected chi connectivity index (χ0v) is 15.7. The van der Waals surface area contributed by atoms with Gasteiger partial charge in [-0.25, -0.2) is 4.79 Å². The summed E-state index contributed by atoms with van der Waals surface area (Å²) in [5.74, 6) is -0.332. The first-order chi connectivity index (χ1) is 11.9. The zero-order chi connectivity index (χ0) is 18.4. The standard InChI is InChI=1S/C17H26N4O3S/c1-4-18-17(24)20-15(22)12(3)21-9-7-13(8-10-21)19-16(23)14-6-5-11(2)25-14/h5-6,12-13H,4,7-10H2,1-3H3,(H,19,23)(H2,18,20,22,24). The molecule has 0 aromatic carbocycles. The Labute approximate surface area is 152 Å². The Morgan fingerprint density at radius 2 is 1.96 bits per heavy atom. The molecule has 8 heteroatoms. The van der Waals surface area contributed by atoms with E-state index in [0.717, 1.165) is 22.6 Å². The van der Waals surface area contributed by atoms with Gasteiger partial charge in [0.1, 0.15) is 0 Å². The number of amides is 4. The second-order valence-corrected chi connectivity index (χ2v) is 7.51. The van der Waals surface area contributed by atoms with Crippen molar-refractivity contribution in [2.24, 2.45) is 0 Å². The van der Waals surface area contributed by atoms with Gasteiger partial charge in [0.25, 0.3) is 5.91 Å². The third-order valence-corrected chi connectivity index (χ3v) is 5.33. The van der Waals surface area contributed by atoms with Crippen LogP contribution in [0.15, 0.2) is 12.1 Å². The summed E-state index contributed by atoms with van der Waals surface area (Å²) >= 11 is 1.49. The fraction of sp³-hybridized carbons (Fsp3) is 0.588. The van der Waals surface area contributed by atoms with E-state index in [-0.39, 0.29) is 23.9 Å². The van der Waals surface area contributed by atoms with E-state index in [1.165, 1.54) is 11.3 Å². The number of carbonyl (C=O) groups excluding carboxylic acids is 3. The number of likely N-dealkylation sites (tertiary alicyclic amines) is 1. The van der Waals surface area contributed by atoms with Gasteiger partial charge in [0.05, 0.1) is 10.9 Å². The maximum Gasteiger partial charge on any atom is 0.321 e. The van der Waals surface area contributed by atoms with Gasteiger partial charge >= 0.3 is 6.03 Å². The Morgan fingerprint density at radius 1 is 1.28 bits per heavy atom. The van der Waals surface area contributed by atoms with Gasteiger partial charge in [-0.1, -0.05) is 0 Å². The Kier molecular flexibility index (Phi) is 6.95. The number of aryl methyl sites for hydroxylation is 1. The van der Waals surface area contributed by atoms with Crippen LogP contribution in [0, 0.1) is 6.92 Å². The molecule has 0 bridgehead atoms. The highest BCUT2D eigenvalue weighted by molar-refractivity contribution is 7.13. The highest BCUT2D eigenvalue weighted by Crippen LogP contribution is 2.17. The zero-order valence-electron chi connectivity index (χ0n) is 14.9. The lowest BCUT2D eigenvalue weighted by Crippen LogP contribution is -2.53. The third kappa shape index (κ3) is 5.54. The van der Waals surface area contributed by atoms with E-state index in [0.29, 0.717) is 19.6 Å². The quantitative estimate of drug-likeness (QED) is 0.736. The van der Waals surface area contributed by atoms with Gasteiger partial charge in [0.2, 0.25) is 5.91 Å². The number of rotatable bonds is 5. The summed E-state index contributed by atoms with van der Waals surface area (Å²) in [5.41, 5.74) is 0. The summed E-state index contributed by atoms with van der Waals surface area (Å²) < 4.78 is 0. The Morgan fingerprint density at radius 3 is 2.52 bits per heavy atom. The van der Waals surface area contributed by atoms with Crippen molar-refractivity contribution in [2.75, 3.05) is 19.6 Å². The average Bonchev–Trinajstić information content (AvgIpc) is 3.01. The lowest BCUT2D eigenvalue weighted by molar-refractivity contribution is -0.125. The number of hydrogen-bond acceptors (Lipinski definition) is 5. The van der Waals surface area contributed by atoms with Crippen molar-refractivity contribution in [3.8, 4) is 0 Å². The summed E-state index contributed by atoms with van der Waals surface area (Å²) in [6.45, 7) is 7.46. The molecule has 0 spiro atoms. The second-order valence-electron chi connectivity index (χ2n) is 6.22. The van der Waals surface area contributed by atoms with Crippen LogP contribution in [0.25, 0.3) is 0 Å². The molecular formula is C17H26N4O3S. The van der Waals surface area contributed by atoms with Gasteiger partial charge in [-0.15, -0.1) is 11.3 Å². The monoisotopic (exact) mass is 366 g/mol. The highest BCUT2D eigenvalue weighted by Gasteiger charge is 2.28. The average molecular weight is 366 g/mol. The Bertz CT molecular complexity index is 623. The Hall–Kier alpha value is -1.93. The first-order valence-corrected chi connectivity index (χ1v) is 9.42. The van der Waals surface area contributed by atoms with E-state index in [1.807, 2.05) is 24.0 Å². The molecule has 1 fully saturated rings. The van der Waals surface area contributed by atoms with Crippen molar-refractivity contribution >= 4 is 29.2 Å². The van der Waals surface area contributed by atoms with Crippen LogP contribution in [-0.4, -0.2) is 54.5 Å². The number of carbonyl (C=O) groups is 3. The molecule has 1 unspecified atom stereocenters. The van der Waals surface area contributed by atoms with Crippen molar-refractivity contribution in [1.29, 1.82) is 0 Å². The molecule has 1 aliphatic rings. The molecule has 3 N–H and O–H groups in total. The molecule has 0 radical (unpaired) electrons. The molecule has 2 rings (SSSR count). The minimum atomic E-state index is -0.465. The largest absolute Gasteiger partial charge is 0.349 e. The summed E-state index contributed by atoms with van der Waals surface area (Å²) in [6.07, 6.45) is 1.57. The van der Waals surface area contributed by atoms with E-state index >= 15 is 0 Å². The van der Waals surface area contributed by atoms with E-state index < -0.39 is 6.03 Å². The summed E-state index contributed by atoms with van der Waals surface area (Å²) in [7, 11) is 0. The minimum absolute atomic E-state index is 0.0291. The van der Waals surface area contributed by atoms with Crippen molar-refractivity contribution < 1.29 is 14.4 Å². The highest BCUT2D eigenvalue weighted by atomic mass is 32.1. The van der Waals surface area contributed by atoms with E-state index in [9.17, 15) is 14.4 Å². The van der Waals surface area contributed by atoms with Gasteiger partial charge in [0.15, 0.2) is 0 Å². The molecule has 0 saturated carbocycles. The number of imide groups is 1. The number of piperidine rings is 1. The van der Waals surface area contributed by atoms with Crippen LogP contribution >= 0.6 is 11.3 Å². The van der Waals surface area contributed by atoms with Crippen LogP contribution in [0.4, 0.5) is 4.79 Å². The predicted octanol–water partition coefficient (Wildman–Crippen LogP) is 1.48. The molecule has 1 aromatic rings. The van der Waals surface area contributed by atoms with Crippen molar-refractivity contribution in [1.82, 2.24) is 20.9 Å². The first-order valence-electron chi connectivity index (χ1n) is 8.60. The maximum atomic E-state index is 12.2. The van der Waals surface area contributed by atoms with E-state index in [4.69, 9.17) is 0 Å². The van der Waals surface area contributed by atoms with Gasteiger partial charge in [0, 0.05) is 30.6 Å². The Balaban J connectivity index is 1.77. The summed E-state index contributed by atoms with van der Waals surface area (Å²) in [4.78, 5) is 39.6. The number of nitrogens with zero attached hydrogens (tertiary/aromatic N) is 1. The number of hydrogen-bond donors (Lipinski definition) is 3. The molecule has 1 aromatic heterocycles. The normalized spacial score (nSPS) is 16.9. The fourth-order valence-electron chi connectivity index (χ4n) is 2.83. The van der Waals surface area contributed by atoms with Gasteiger partial charge in [-0.05, 0) is 45.7 Å². The van der Waals surface area contributed by atoms with Gasteiger partial charge in [-0.3, -0.25) is 19.8 Å². The van der Waals surface area contributed by atoms with Crippen LogP contribution in [0.1, 0.15) is 41.2 Å². The number of nitrogens with one attached hydrogen (secondary N) is 3. The van der Waals surface area contributed by atoms with Crippen molar-refractivity contribution in [3.63, 3.8) is 0 Å². The lowest BCUT2D eigenvalue weighted by Gasteiger charge is -2.35. The summed E-state index contributed by atoms with van der Waals surface area (Å²) in [5, 5.41) is 7.96. The van der Waals surface area contributed by atoms with Gasteiger partial charge < -0.3 is 10.6 Å². The topological polar surface area (TPSA) is 90.5 Å². The molecular weight excluding hydrogens is 340 g/mol. The molecule has 138 valence electrons. The maximum absolute atomic E-state index is 12.2. The molecule has 1 atom stereocenters. The van der Waals surface area contributed by atoms with Crippen molar-refractivity contribution in [3.05, 3.63) is 21.9 Å². The van der Waals surface area contributed by atoms with Gasteiger partial charge in [-0.2, -0.15) is 0 Å². The van der Waals surface area contributed by atoms with E-state index in [2.05, 4.69) is 16.0 Å². The summed E-state index contributed by atoms with van der Waals surface area (Å²) in [6, 6.07) is 3.06. The molecule has 1 saturated heterocycles. The van der Waals surface area contributed by atoms with Crippen LogP contribution in [0.2, 0.25) is 0 Å². The minimum Gasteiger partial charge on any atom is -0.349 e. The number of thiophene rings is 1. The van der Waals surface area contributed by atoms with E-state index in [1.54, 1.807) is 13.8 Å². The van der Waals surface area contributed by atoms with Crippen LogP contribution in [0.3, 0.4) is 0 Å². The van der Waals surface area contributed by atoms with Crippen molar-refractivity contribution in [2.45, 2.75) is 45.7 Å². The SMILES string of the molecule is CCNC(=O)NC(=O)C(C)N1CCC(NC(=O)c2ccc(C)s2)CC1. The predicted molar refractivity (Wildman–Crippen MR) is 97.8 cm³/mol. The molecule has 1 aliphatic heterocycles. The van der Waals surface area contributed by atoms with Crippen LogP contribution in [-0.2, 0) is 4.79 Å². The molecule has 7 nitrogen and oxygen atoms in total. The molecule has 0 aliphatic carbocycles. The molecule has 25 heavy (non-hydrogen) atoms. The lowest BCUT2D eigenvalue weighted by atomic mass is 10.0.